The summed E-state index contributed by atoms with van der Waals surface area (Å²) in [5, 5.41) is 21.4. The van der Waals surface area contributed by atoms with Crippen LogP contribution in [0.5, 0.6) is 0 Å². The third kappa shape index (κ3) is 7.05. The van der Waals surface area contributed by atoms with E-state index in [4.69, 9.17) is 14.5 Å². The molecule has 2 aromatic carbocycles. The predicted octanol–water partition coefficient (Wildman–Crippen LogP) is 0.847. The second-order valence-electron chi connectivity index (χ2n) is 14.2. The standard InChI is InChI=1S/C39H39FN6O9/c1-20-22-8-9-39(2,17-54-19-43-30(48)14-42-36(51)28(44-31(49)13-41-18-47)10-21-6-4-3-5-7-21)33-24-15-46-29(34(24)45-27(32(22)33)12-26(20)40)11-23-25(37(46)52)16-55-38(53)35(23)50/h3-7,11-12,18,28,35,50H,8-10,13-17,19H2,1-2H3,(H,41,47)(H,42,51)(H,43,48)(H,44,49). The molecule has 55 heavy (non-hydrogen) atoms. The van der Waals surface area contributed by atoms with Crippen molar-refractivity contribution >= 4 is 41.0 Å². The molecule has 1 aliphatic carbocycles. The Labute approximate surface area is 313 Å². The van der Waals surface area contributed by atoms with E-state index in [1.54, 1.807) is 37.3 Å². The average molecular weight is 755 g/mol. The lowest BCUT2D eigenvalue weighted by atomic mass is 9.69. The summed E-state index contributed by atoms with van der Waals surface area (Å²) in [5.41, 5.74) is 4.22. The molecule has 0 radical (unpaired) electrons. The molecular weight excluding hydrogens is 715 g/mol. The van der Waals surface area contributed by atoms with Gasteiger partial charge in [0.05, 0.1) is 48.7 Å². The minimum absolute atomic E-state index is 0.129. The molecule has 2 aliphatic heterocycles. The molecule has 3 aliphatic rings. The fraction of sp³-hybridized carbons (Fsp3) is 0.359. The van der Waals surface area contributed by atoms with Crippen molar-refractivity contribution in [1.82, 2.24) is 30.8 Å². The number of fused-ring (bicyclic) bond motifs is 5. The molecule has 16 heteroatoms. The number of hydrogen-bond acceptors (Lipinski definition) is 10. The van der Waals surface area contributed by atoms with Crippen molar-refractivity contribution in [1.29, 1.82) is 0 Å². The first-order valence-electron chi connectivity index (χ1n) is 17.8. The first-order chi connectivity index (χ1) is 26.4. The van der Waals surface area contributed by atoms with E-state index in [0.29, 0.717) is 41.7 Å². The molecule has 15 nitrogen and oxygen atoms in total. The van der Waals surface area contributed by atoms with Crippen LogP contribution in [0.25, 0.3) is 22.3 Å². The lowest BCUT2D eigenvalue weighted by molar-refractivity contribution is -0.157. The van der Waals surface area contributed by atoms with E-state index in [1.165, 1.54) is 10.6 Å². The topological polar surface area (TPSA) is 207 Å². The number of halogens is 1. The summed E-state index contributed by atoms with van der Waals surface area (Å²) in [6, 6.07) is 11.0. The maximum atomic E-state index is 15.3. The third-order valence-electron chi connectivity index (χ3n) is 10.6. The highest BCUT2D eigenvalue weighted by atomic mass is 19.1. The number of nitrogens with one attached hydrogen (secondary N) is 4. The third-order valence-corrected chi connectivity index (χ3v) is 10.6. The lowest BCUT2D eigenvalue weighted by Crippen LogP contribution is -2.51. The van der Waals surface area contributed by atoms with Crippen molar-refractivity contribution in [3.63, 3.8) is 0 Å². The van der Waals surface area contributed by atoms with Crippen molar-refractivity contribution in [2.75, 3.05) is 26.4 Å². The minimum Gasteiger partial charge on any atom is -0.458 e. The smallest absolute Gasteiger partial charge is 0.340 e. The predicted molar refractivity (Wildman–Crippen MR) is 194 cm³/mol. The molecule has 4 heterocycles. The van der Waals surface area contributed by atoms with E-state index in [0.717, 1.165) is 27.6 Å². The van der Waals surface area contributed by atoms with Crippen LogP contribution in [0.2, 0.25) is 0 Å². The molecule has 0 spiro atoms. The molecule has 3 atom stereocenters. The molecule has 3 unspecified atom stereocenters. The van der Waals surface area contributed by atoms with Crippen LogP contribution in [0.15, 0.2) is 47.3 Å². The van der Waals surface area contributed by atoms with Gasteiger partial charge >= 0.3 is 5.97 Å². The van der Waals surface area contributed by atoms with Gasteiger partial charge in [0, 0.05) is 34.4 Å². The van der Waals surface area contributed by atoms with Gasteiger partial charge in [-0.1, -0.05) is 37.3 Å². The fourth-order valence-electron chi connectivity index (χ4n) is 7.78. The molecule has 0 saturated carbocycles. The number of carbonyl (C=O) groups excluding carboxylic acids is 5. The van der Waals surface area contributed by atoms with Crippen LogP contribution in [0.4, 0.5) is 4.39 Å². The fourth-order valence-corrected chi connectivity index (χ4v) is 7.78. The SMILES string of the molecule is Cc1c(F)cc2nc3c(c4c2c1CCC4(C)COCNC(=O)CNC(=O)C(Cc1ccccc1)NC(=O)CNC=O)Cn1c-3cc2c(c1=O)COC(=O)C2O. The zero-order chi connectivity index (χ0) is 39.0. The van der Waals surface area contributed by atoms with Crippen LogP contribution in [-0.2, 0) is 64.9 Å². The van der Waals surface area contributed by atoms with E-state index in [-0.39, 0.29) is 50.6 Å². The number of aromatic nitrogens is 2. The zero-order valence-corrected chi connectivity index (χ0v) is 30.1. The number of benzene rings is 2. The Morgan fingerprint density at radius 2 is 1.89 bits per heavy atom. The second-order valence-corrected chi connectivity index (χ2v) is 14.2. The van der Waals surface area contributed by atoms with Crippen LogP contribution in [-0.4, -0.2) is 77.2 Å². The number of amides is 4. The van der Waals surface area contributed by atoms with Gasteiger partial charge in [0.15, 0.2) is 6.10 Å². The van der Waals surface area contributed by atoms with Crippen molar-refractivity contribution in [2.45, 2.75) is 63.8 Å². The Bertz CT molecular complexity index is 2310. The summed E-state index contributed by atoms with van der Waals surface area (Å²) in [4.78, 5) is 79.5. The highest BCUT2D eigenvalue weighted by molar-refractivity contribution is 5.94. The molecule has 0 saturated heterocycles. The van der Waals surface area contributed by atoms with Crippen molar-refractivity contribution in [3.05, 3.63) is 97.6 Å². The number of carbonyl (C=O) groups is 5. The van der Waals surface area contributed by atoms with Gasteiger partial charge in [-0.15, -0.1) is 0 Å². The first kappa shape index (κ1) is 37.3. The van der Waals surface area contributed by atoms with Crippen molar-refractivity contribution < 1.29 is 42.9 Å². The molecule has 4 aromatic rings. The molecule has 7 rings (SSSR count). The van der Waals surface area contributed by atoms with Gasteiger partial charge in [0.1, 0.15) is 25.2 Å². The second kappa shape index (κ2) is 15.0. The van der Waals surface area contributed by atoms with E-state index in [2.05, 4.69) is 21.3 Å². The quantitative estimate of drug-likeness (QED) is 0.0496. The number of ether oxygens (including phenoxy) is 2. The summed E-state index contributed by atoms with van der Waals surface area (Å²) in [6.07, 6.45) is -0.00186. The van der Waals surface area contributed by atoms with E-state index < -0.39 is 59.2 Å². The van der Waals surface area contributed by atoms with Crippen LogP contribution in [0.1, 0.15) is 58.4 Å². The van der Waals surface area contributed by atoms with Crippen LogP contribution < -0.4 is 26.8 Å². The molecular formula is C39H39FN6O9. The number of aliphatic hydroxyl groups is 1. The van der Waals surface area contributed by atoms with Gasteiger partial charge in [-0.2, -0.15) is 0 Å². The van der Waals surface area contributed by atoms with Gasteiger partial charge in [-0.25, -0.2) is 14.2 Å². The van der Waals surface area contributed by atoms with Crippen LogP contribution in [0, 0.1) is 12.7 Å². The summed E-state index contributed by atoms with van der Waals surface area (Å²) in [5.74, 6) is -2.96. The highest BCUT2D eigenvalue weighted by Gasteiger charge is 2.41. The molecule has 2 aromatic heterocycles. The van der Waals surface area contributed by atoms with E-state index >= 15 is 4.39 Å². The van der Waals surface area contributed by atoms with Gasteiger partial charge in [-0.3, -0.25) is 24.0 Å². The molecule has 4 amide bonds. The molecule has 286 valence electrons. The maximum absolute atomic E-state index is 15.3. The molecule has 5 N–H and O–H groups in total. The first-order valence-corrected chi connectivity index (χ1v) is 17.8. The van der Waals surface area contributed by atoms with Crippen molar-refractivity contribution in [2.24, 2.45) is 0 Å². The van der Waals surface area contributed by atoms with E-state index in [1.807, 2.05) is 13.0 Å². The number of rotatable bonds is 13. The summed E-state index contributed by atoms with van der Waals surface area (Å²) < 4.78 is 27.9. The maximum Gasteiger partial charge on any atom is 0.340 e. The van der Waals surface area contributed by atoms with Gasteiger partial charge in [-0.05, 0) is 48.1 Å². The lowest BCUT2D eigenvalue weighted by Gasteiger charge is -2.37. The minimum atomic E-state index is -1.62. The monoisotopic (exact) mass is 754 g/mol. The zero-order valence-electron chi connectivity index (χ0n) is 30.1. The van der Waals surface area contributed by atoms with Gasteiger partial charge in [0.25, 0.3) is 5.56 Å². The Balaban J connectivity index is 1.07. The number of aliphatic hydroxyl groups excluding tert-OH is 1. The van der Waals surface area contributed by atoms with E-state index in [9.17, 15) is 33.9 Å². The number of nitrogens with zero attached hydrogens (tertiary/aromatic N) is 2. The largest absolute Gasteiger partial charge is 0.458 e. The molecule has 0 fully saturated rings. The highest BCUT2D eigenvalue weighted by Crippen LogP contribution is 2.48. The van der Waals surface area contributed by atoms with Crippen molar-refractivity contribution in [3.8, 4) is 11.4 Å². The van der Waals surface area contributed by atoms with Crippen LogP contribution in [0.3, 0.4) is 0 Å². The number of aryl methyl sites for hydroxylation is 1. The summed E-state index contributed by atoms with van der Waals surface area (Å²) in [7, 11) is 0. The average Bonchev–Trinajstić information content (AvgIpc) is 3.54. The van der Waals surface area contributed by atoms with Gasteiger partial charge < -0.3 is 40.4 Å². The number of hydrogen-bond donors (Lipinski definition) is 5. The number of cyclic esters (lactones) is 1. The Hall–Kier alpha value is -6.00. The van der Waals surface area contributed by atoms with Crippen LogP contribution >= 0.6 is 0 Å². The Kier molecular flexibility index (Phi) is 10.2. The Morgan fingerprint density at radius 3 is 2.65 bits per heavy atom. The molecule has 0 bridgehead atoms. The van der Waals surface area contributed by atoms with Gasteiger partial charge in [0.2, 0.25) is 24.1 Å². The number of esters is 1. The summed E-state index contributed by atoms with van der Waals surface area (Å²) in [6.45, 7) is 2.84. The Morgan fingerprint density at radius 1 is 1.11 bits per heavy atom. The summed E-state index contributed by atoms with van der Waals surface area (Å²) >= 11 is 0. The normalized spacial score (nSPS) is 18.3. The number of pyridine rings is 2.